The van der Waals surface area contributed by atoms with E-state index in [-0.39, 0.29) is 11.5 Å². The predicted molar refractivity (Wildman–Crippen MR) is 101 cm³/mol. The van der Waals surface area contributed by atoms with Crippen molar-refractivity contribution in [3.8, 4) is 17.1 Å². The van der Waals surface area contributed by atoms with Crippen LogP contribution >= 0.6 is 0 Å². The number of rotatable bonds is 2. The number of hydrogen-bond donors (Lipinski definition) is 1. The normalized spacial score (nSPS) is 11.5. The highest BCUT2D eigenvalue weighted by molar-refractivity contribution is 6.04. The van der Waals surface area contributed by atoms with Gasteiger partial charge in [0, 0.05) is 10.9 Å². The van der Waals surface area contributed by atoms with Crippen LogP contribution < -0.4 is 5.43 Å². The first kappa shape index (κ1) is 15.5. The molecule has 4 rings (SSSR count). The van der Waals surface area contributed by atoms with Crippen molar-refractivity contribution in [3.63, 3.8) is 0 Å². The molecule has 0 atom stereocenters. The summed E-state index contributed by atoms with van der Waals surface area (Å²) < 4.78 is 6.02. The van der Waals surface area contributed by atoms with Crippen LogP contribution in [-0.2, 0) is 0 Å². The fourth-order valence-corrected chi connectivity index (χ4v) is 3.13. The van der Waals surface area contributed by atoms with E-state index < -0.39 is 5.43 Å². The lowest BCUT2D eigenvalue weighted by Gasteiger charge is -2.10. The Labute approximate surface area is 145 Å². The van der Waals surface area contributed by atoms with Crippen LogP contribution in [0.25, 0.3) is 33.1 Å². The van der Waals surface area contributed by atoms with Crippen molar-refractivity contribution < 1.29 is 9.52 Å². The van der Waals surface area contributed by atoms with Crippen molar-refractivity contribution in [3.05, 3.63) is 76.5 Å². The third-order valence-corrected chi connectivity index (χ3v) is 4.60. The van der Waals surface area contributed by atoms with Crippen LogP contribution in [0.4, 0.5) is 0 Å². The molecule has 0 amide bonds. The van der Waals surface area contributed by atoms with Crippen molar-refractivity contribution in [2.75, 3.05) is 0 Å². The summed E-state index contributed by atoms with van der Waals surface area (Å²) in [7, 11) is 0. The lowest BCUT2D eigenvalue weighted by atomic mass is 10.0. The summed E-state index contributed by atoms with van der Waals surface area (Å²) >= 11 is 0. The number of benzene rings is 3. The van der Waals surface area contributed by atoms with Crippen LogP contribution in [0.2, 0.25) is 0 Å². The van der Waals surface area contributed by atoms with Gasteiger partial charge in [0.25, 0.3) is 0 Å². The summed E-state index contributed by atoms with van der Waals surface area (Å²) in [6.07, 6.45) is 0. The molecule has 0 spiro atoms. The Morgan fingerprint density at radius 3 is 2.32 bits per heavy atom. The van der Waals surface area contributed by atoms with Gasteiger partial charge in [0.05, 0.1) is 5.39 Å². The molecule has 124 valence electrons. The molecule has 4 aromatic rings. The molecule has 0 aliphatic carbocycles. The second-order valence-corrected chi connectivity index (χ2v) is 6.55. The van der Waals surface area contributed by atoms with Crippen molar-refractivity contribution in [1.82, 2.24) is 0 Å². The Morgan fingerprint density at radius 2 is 1.60 bits per heavy atom. The van der Waals surface area contributed by atoms with Gasteiger partial charge in [0.2, 0.25) is 11.2 Å². The van der Waals surface area contributed by atoms with Gasteiger partial charge in [-0.1, -0.05) is 68.4 Å². The average molecular weight is 330 g/mol. The molecule has 1 N–H and O–H groups in total. The molecule has 25 heavy (non-hydrogen) atoms. The van der Waals surface area contributed by atoms with E-state index >= 15 is 0 Å². The Balaban J connectivity index is 2.02. The molecule has 0 saturated carbocycles. The van der Waals surface area contributed by atoms with Crippen LogP contribution in [0.3, 0.4) is 0 Å². The summed E-state index contributed by atoms with van der Waals surface area (Å²) in [5, 5.41) is 12.6. The summed E-state index contributed by atoms with van der Waals surface area (Å²) in [5.41, 5.74) is 1.98. The zero-order chi connectivity index (χ0) is 17.6. The summed E-state index contributed by atoms with van der Waals surface area (Å²) in [4.78, 5) is 12.6. The zero-order valence-corrected chi connectivity index (χ0v) is 14.1. The van der Waals surface area contributed by atoms with Crippen LogP contribution in [0, 0.1) is 0 Å². The van der Waals surface area contributed by atoms with Gasteiger partial charge in [-0.25, -0.2) is 0 Å². The largest absolute Gasteiger partial charge is 0.502 e. The van der Waals surface area contributed by atoms with Crippen molar-refractivity contribution in [2.45, 2.75) is 19.8 Å². The zero-order valence-electron chi connectivity index (χ0n) is 14.1. The molecule has 0 radical (unpaired) electrons. The van der Waals surface area contributed by atoms with E-state index in [4.69, 9.17) is 4.42 Å². The lowest BCUT2D eigenvalue weighted by molar-refractivity contribution is 0.449. The highest BCUT2D eigenvalue weighted by Gasteiger charge is 2.17. The lowest BCUT2D eigenvalue weighted by Crippen LogP contribution is -2.03. The highest BCUT2D eigenvalue weighted by atomic mass is 16.4. The second-order valence-electron chi connectivity index (χ2n) is 6.55. The van der Waals surface area contributed by atoms with Crippen molar-refractivity contribution in [2.24, 2.45) is 0 Å². The smallest absolute Gasteiger partial charge is 0.235 e. The molecule has 1 aromatic heterocycles. The first-order chi connectivity index (χ1) is 12.1. The van der Waals surface area contributed by atoms with E-state index in [1.54, 1.807) is 6.07 Å². The van der Waals surface area contributed by atoms with Gasteiger partial charge in [-0.3, -0.25) is 4.79 Å². The molecule has 3 aromatic carbocycles. The van der Waals surface area contributed by atoms with E-state index in [1.807, 2.05) is 54.6 Å². The molecular formula is C22H18O3. The van der Waals surface area contributed by atoms with Crippen LogP contribution in [-0.4, -0.2) is 5.11 Å². The SMILES string of the molecule is CC(C)c1ccc(-c2oc3c(ccc4ccccc43)c(=O)c2O)cc1. The van der Waals surface area contributed by atoms with Gasteiger partial charge in [0.1, 0.15) is 5.58 Å². The Hall–Kier alpha value is -3.07. The highest BCUT2D eigenvalue weighted by Crippen LogP contribution is 2.33. The van der Waals surface area contributed by atoms with E-state index in [2.05, 4.69) is 13.8 Å². The fraction of sp³-hybridized carbons (Fsp3) is 0.136. The van der Waals surface area contributed by atoms with Gasteiger partial charge in [-0.05, 0) is 22.9 Å². The van der Waals surface area contributed by atoms with Gasteiger partial charge < -0.3 is 9.52 Å². The minimum atomic E-state index is -0.407. The topological polar surface area (TPSA) is 50.4 Å². The van der Waals surface area contributed by atoms with E-state index in [0.29, 0.717) is 22.5 Å². The maximum Gasteiger partial charge on any atom is 0.235 e. The van der Waals surface area contributed by atoms with E-state index in [0.717, 1.165) is 10.8 Å². The van der Waals surface area contributed by atoms with Gasteiger partial charge in [0.15, 0.2) is 5.76 Å². The van der Waals surface area contributed by atoms with E-state index in [1.165, 1.54) is 5.56 Å². The molecule has 1 heterocycles. The molecule has 3 nitrogen and oxygen atoms in total. The molecule has 0 aliphatic heterocycles. The fourth-order valence-electron chi connectivity index (χ4n) is 3.13. The third-order valence-electron chi connectivity index (χ3n) is 4.60. The van der Waals surface area contributed by atoms with Gasteiger partial charge in [-0.2, -0.15) is 0 Å². The van der Waals surface area contributed by atoms with Crippen LogP contribution in [0.15, 0.2) is 69.9 Å². The maximum absolute atomic E-state index is 12.6. The summed E-state index contributed by atoms with van der Waals surface area (Å²) in [5.74, 6) is 0.277. The average Bonchev–Trinajstić information content (AvgIpc) is 2.64. The molecule has 0 bridgehead atoms. The van der Waals surface area contributed by atoms with Crippen LogP contribution in [0.5, 0.6) is 5.75 Å². The summed E-state index contributed by atoms with van der Waals surface area (Å²) in [6.45, 7) is 4.24. The minimum absolute atomic E-state index is 0.212. The number of fused-ring (bicyclic) bond motifs is 3. The Bertz CT molecular complexity index is 1140. The molecule has 0 unspecified atom stereocenters. The standard InChI is InChI=1S/C22H18O3/c1-13(2)14-7-9-16(10-8-14)21-20(24)19(23)18-12-11-15-5-3-4-6-17(15)22(18)25-21/h3-13,24H,1-2H3. The quantitative estimate of drug-likeness (QED) is 0.498. The summed E-state index contributed by atoms with van der Waals surface area (Å²) in [6, 6.07) is 19.1. The third kappa shape index (κ3) is 2.49. The monoisotopic (exact) mass is 330 g/mol. The Kier molecular flexibility index (Phi) is 3.57. The number of aromatic hydroxyl groups is 1. The van der Waals surface area contributed by atoms with Gasteiger partial charge in [-0.15, -0.1) is 0 Å². The van der Waals surface area contributed by atoms with Crippen molar-refractivity contribution in [1.29, 1.82) is 0 Å². The first-order valence-corrected chi connectivity index (χ1v) is 8.34. The number of hydrogen-bond acceptors (Lipinski definition) is 3. The molecule has 0 aliphatic rings. The molecule has 0 saturated heterocycles. The maximum atomic E-state index is 12.6. The predicted octanol–water partition coefficient (Wildman–Crippen LogP) is 5.44. The Morgan fingerprint density at radius 1 is 0.880 bits per heavy atom. The van der Waals surface area contributed by atoms with Crippen molar-refractivity contribution >= 4 is 21.7 Å². The van der Waals surface area contributed by atoms with E-state index in [9.17, 15) is 9.90 Å². The van der Waals surface area contributed by atoms with Gasteiger partial charge >= 0.3 is 0 Å². The molecular weight excluding hydrogens is 312 g/mol. The van der Waals surface area contributed by atoms with Crippen LogP contribution in [0.1, 0.15) is 25.3 Å². The second kappa shape index (κ2) is 5.78. The molecule has 0 fully saturated rings. The minimum Gasteiger partial charge on any atom is -0.502 e. The molecule has 3 heteroatoms. The first-order valence-electron chi connectivity index (χ1n) is 8.34.